The minimum Gasteiger partial charge on any atom is -0.496 e. The van der Waals surface area contributed by atoms with E-state index in [9.17, 15) is 19.7 Å². The van der Waals surface area contributed by atoms with Gasteiger partial charge in [-0.1, -0.05) is 13.3 Å². The second kappa shape index (κ2) is 9.23. The van der Waals surface area contributed by atoms with Crippen LogP contribution in [-0.4, -0.2) is 37.1 Å². The second-order valence-electron chi connectivity index (χ2n) is 4.54. The van der Waals surface area contributed by atoms with Gasteiger partial charge in [-0.05, 0) is 18.6 Å². The molecular weight excluding hydrogens is 306 g/mol. The highest BCUT2D eigenvalue weighted by Crippen LogP contribution is 2.30. The number of amides is 3. The maximum Gasteiger partial charge on any atom is 0.321 e. The molecule has 1 aromatic rings. The molecule has 3 amide bonds. The number of nitrogens with one attached hydrogen (secondary N) is 2. The largest absolute Gasteiger partial charge is 0.496 e. The third kappa shape index (κ3) is 6.20. The Hall–Kier alpha value is -2.84. The number of hydrogen-bond acceptors (Lipinski definition) is 6. The fraction of sp³-hybridized carbons (Fsp3) is 0.429. The van der Waals surface area contributed by atoms with Gasteiger partial charge in [-0.2, -0.15) is 0 Å². The molecule has 0 spiro atoms. The number of unbranched alkanes of at least 4 members (excludes halogenated alkanes) is 1. The number of nitrogens with zero attached hydrogens (tertiary/aromatic N) is 1. The number of hydrogen-bond donors (Lipinski definition) is 2. The van der Waals surface area contributed by atoms with E-state index in [2.05, 4.69) is 10.6 Å². The molecule has 9 heteroatoms. The lowest BCUT2D eigenvalue weighted by Crippen LogP contribution is -2.41. The van der Waals surface area contributed by atoms with Gasteiger partial charge in [0.15, 0.2) is 12.4 Å². The molecule has 0 unspecified atom stereocenters. The van der Waals surface area contributed by atoms with Crippen LogP contribution in [0.25, 0.3) is 0 Å². The minimum absolute atomic E-state index is 0.0858. The third-order valence-corrected chi connectivity index (χ3v) is 2.79. The maximum atomic E-state index is 11.6. The van der Waals surface area contributed by atoms with Gasteiger partial charge in [-0.25, -0.2) is 4.79 Å². The van der Waals surface area contributed by atoms with E-state index in [-0.39, 0.29) is 11.4 Å². The predicted molar refractivity (Wildman–Crippen MR) is 81.6 cm³/mol. The Bertz CT molecular complexity index is 576. The molecule has 0 aromatic heterocycles. The summed E-state index contributed by atoms with van der Waals surface area (Å²) in [4.78, 5) is 33.3. The first-order valence-electron chi connectivity index (χ1n) is 7.00. The predicted octanol–water partition coefficient (Wildman–Crippen LogP) is 1.61. The molecule has 0 saturated carbocycles. The van der Waals surface area contributed by atoms with E-state index in [1.807, 2.05) is 6.92 Å². The molecule has 0 aliphatic heterocycles. The average Bonchev–Trinajstić information content (AvgIpc) is 2.52. The van der Waals surface area contributed by atoms with Gasteiger partial charge in [-0.15, -0.1) is 0 Å². The van der Waals surface area contributed by atoms with E-state index in [4.69, 9.17) is 9.47 Å². The summed E-state index contributed by atoms with van der Waals surface area (Å²) in [7, 11) is 1.38. The monoisotopic (exact) mass is 325 g/mol. The van der Waals surface area contributed by atoms with Crippen molar-refractivity contribution in [1.82, 2.24) is 10.6 Å². The summed E-state index contributed by atoms with van der Waals surface area (Å²) in [5.41, 5.74) is -0.329. The number of carbonyl (C=O) groups excluding carboxylic acids is 2. The van der Waals surface area contributed by atoms with Gasteiger partial charge in [0.2, 0.25) is 0 Å². The van der Waals surface area contributed by atoms with E-state index in [1.54, 1.807) is 0 Å². The molecule has 2 N–H and O–H groups in total. The zero-order valence-corrected chi connectivity index (χ0v) is 13.0. The number of urea groups is 1. The second-order valence-corrected chi connectivity index (χ2v) is 4.54. The fourth-order valence-electron chi connectivity index (χ4n) is 1.62. The summed E-state index contributed by atoms with van der Waals surface area (Å²) >= 11 is 0. The zero-order chi connectivity index (χ0) is 17.2. The van der Waals surface area contributed by atoms with Crippen molar-refractivity contribution >= 4 is 17.6 Å². The number of imide groups is 1. The summed E-state index contributed by atoms with van der Waals surface area (Å²) in [6, 6.07) is 3.35. The van der Waals surface area contributed by atoms with Crippen LogP contribution in [0.4, 0.5) is 10.5 Å². The van der Waals surface area contributed by atoms with Crippen LogP contribution in [0.3, 0.4) is 0 Å². The maximum absolute atomic E-state index is 11.6. The molecular formula is C14H19N3O6. The van der Waals surface area contributed by atoms with Gasteiger partial charge in [0.05, 0.1) is 18.1 Å². The molecule has 126 valence electrons. The quantitative estimate of drug-likeness (QED) is 0.425. The van der Waals surface area contributed by atoms with Crippen LogP contribution in [-0.2, 0) is 4.79 Å². The summed E-state index contributed by atoms with van der Waals surface area (Å²) in [5, 5.41) is 15.5. The topological polar surface area (TPSA) is 120 Å². The highest BCUT2D eigenvalue weighted by Gasteiger charge is 2.18. The van der Waals surface area contributed by atoms with E-state index >= 15 is 0 Å². The molecule has 0 heterocycles. The smallest absolute Gasteiger partial charge is 0.321 e. The lowest BCUT2D eigenvalue weighted by molar-refractivity contribution is -0.385. The number of nitro groups is 1. The van der Waals surface area contributed by atoms with Gasteiger partial charge in [0.1, 0.15) is 5.75 Å². The number of ether oxygens (including phenoxy) is 2. The van der Waals surface area contributed by atoms with Gasteiger partial charge in [-0.3, -0.25) is 20.2 Å². The molecule has 0 aliphatic rings. The number of benzene rings is 1. The minimum atomic E-state index is -0.705. The molecule has 0 fully saturated rings. The molecule has 9 nitrogen and oxygen atoms in total. The molecule has 0 atom stereocenters. The first-order chi connectivity index (χ1) is 11.0. The van der Waals surface area contributed by atoms with Crippen molar-refractivity contribution < 1.29 is 24.0 Å². The Balaban J connectivity index is 2.55. The number of methoxy groups -OCH3 is 1. The first kappa shape index (κ1) is 18.2. The highest BCUT2D eigenvalue weighted by atomic mass is 16.6. The summed E-state index contributed by atoms with van der Waals surface area (Å²) < 4.78 is 9.99. The van der Waals surface area contributed by atoms with E-state index in [1.165, 1.54) is 25.3 Å². The van der Waals surface area contributed by atoms with Crippen molar-refractivity contribution in [3.8, 4) is 11.5 Å². The van der Waals surface area contributed by atoms with Gasteiger partial charge < -0.3 is 14.8 Å². The van der Waals surface area contributed by atoms with Crippen LogP contribution < -0.4 is 20.1 Å². The van der Waals surface area contributed by atoms with E-state index in [0.29, 0.717) is 12.3 Å². The van der Waals surface area contributed by atoms with Crippen molar-refractivity contribution in [1.29, 1.82) is 0 Å². The van der Waals surface area contributed by atoms with Crippen LogP contribution >= 0.6 is 0 Å². The summed E-state index contributed by atoms with van der Waals surface area (Å²) in [5.74, 6) is -0.495. The third-order valence-electron chi connectivity index (χ3n) is 2.79. The molecule has 1 aromatic carbocycles. The average molecular weight is 325 g/mol. The number of rotatable bonds is 8. The SMILES string of the molecule is CCCCNC(=O)NC(=O)COc1ccc(OC)cc1[N+](=O)[O-]. The lowest BCUT2D eigenvalue weighted by atomic mass is 10.3. The van der Waals surface area contributed by atoms with Crippen molar-refractivity contribution in [2.24, 2.45) is 0 Å². The summed E-state index contributed by atoms with van der Waals surface area (Å²) in [6.07, 6.45) is 1.72. The van der Waals surface area contributed by atoms with Crippen LogP contribution in [0, 0.1) is 10.1 Å². The molecule has 0 aliphatic carbocycles. The van der Waals surface area contributed by atoms with Gasteiger partial charge >= 0.3 is 11.7 Å². The molecule has 0 bridgehead atoms. The van der Waals surface area contributed by atoms with E-state index < -0.39 is 23.5 Å². The first-order valence-corrected chi connectivity index (χ1v) is 7.00. The van der Waals surface area contributed by atoms with Crippen LogP contribution in [0.1, 0.15) is 19.8 Å². The standard InChI is InChI=1S/C14H19N3O6/c1-3-4-7-15-14(19)16-13(18)9-23-12-6-5-10(22-2)8-11(12)17(20)21/h5-6,8H,3-4,7,9H2,1-2H3,(H2,15,16,18,19). The van der Waals surface area contributed by atoms with Crippen LogP contribution in [0.5, 0.6) is 11.5 Å². The van der Waals surface area contributed by atoms with E-state index in [0.717, 1.165) is 12.8 Å². The lowest BCUT2D eigenvalue weighted by Gasteiger charge is -2.09. The fourth-order valence-corrected chi connectivity index (χ4v) is 1.62. The Morgan fingerprint density at radius 2 is 2.09 bits per heavy atom. The number of nitro benzene ring substituents is 1. The van der Waals surface area contributed by atoms with Crippen molar-refractivity contribution in [2.75, 3.05) is 20.3 Å². The zero-order valence-electron chi connectivity index (χ0n) is 13.0. The van der Waals surface area contributed by atoms with Gasteiger partial charge in [0.25, 0.3) is 5.91 Å². The molecule has 23 heavy (non-hydrogen) atoms. The van der Waals surface area contributed by atoms with Crippen LogP contribution in [0.15, 0.2) is 18.2 Å². The van der Waals surface area contributed by atoms with Crippen molar-refractivity contribution in [3.05, 3.63) is 28.3 Å². The van der Waals surface area contributed by atoms with Crippen molar-refractivity contribution in [3.63, 3.8) is 0 Å². The number of carbonyl (C=O) groups is 2. The van der Waals surface area contributed by atoms with Gasteiger partial charge in [0, 0.05) is 6.54 Å². The summed E-state index contributed by atoms with van der Waals surface area (Å²) in [6.45, 7) is 1.91. The molecule has 0 saturated heterocycles. The normalized spacial score (nSPS) is 9.83. The van der Waals surface area contributed by atoms with Crippen molar-refractivity contribution in [2.45, 2.75) is 19.8 Å². The Labute approximate surface area is 133 Å². The Kier molecular flexibility index (Phi) is 7.31. The Morgan fingerprint density at radius 1 is 1.35 bits per heavy atom. The van der Waals surface area contributed by atoms with Crippen LogP contribution in [0.2, 0.25) is 0 Å². The molecule has 1 rings (SSSR count). The Morgan fingerprint density at radius 3 is 2.70 bits per heavy atom. The highest BCUT2D eigenvalue weighted by molar-refractivity contribution is 5.95. The molecule has 0 radical (unpaired) electrons.